The summed E-state index contributed by atoms with van der Waals surface area (Å²) >= 11 is 0. The Morgan fingerprint density at radius 2 is 2.00 bits per heavy atom. The summed E-state index contributed by atoms with van der Waals surface area (Å²) in [7, 11) is 0. The lowest BCUT2D eigenvalue weighted by Crippen LogP contribution is -2.40. The first-order chi connectivity index (χ1) is 7.74. The molecule has 16 heavy (non-hydrogen) atoms. The van der Waals surface area contributed by atoms with Gasteiger partial charge in [0.1, 0.15) is 0 Å². The van der Waals surface area contributed by atoms with Gasteiger partial charge in [0.05, 0.1) is 0 Å². The molecule has 0 aromatic heterocycles. The minimum atomic E-state index is 0.302. The molecule has 3 heteroatoms. The van der Waals surface area contributed by atoms with Crippen molar-refractivity contribution in [1.29, 1.82) is 0 Å². The number of rotatable bonds is 5. The van der Waals surface area contributed by atoms with Gasteiger partial charge in [0.25, 0.3) is 0 Å². The van der Waals surface area contributed by atoms with Crippen LogP contribution in [0.2, 0.25) is 0 Å². The van der Waals surface area contributed by atoms with E-state index in [1.807, 2.05) is 0 Å². The molecule has 0 bridgehead atoms. The van der Waals surface area contributed by atoms with Crippen molar-refractivity contribution in [3.8, 4) is 0 Å². The highest BCUT2D eigenvalue weighted by Gasteiger charge is 2.33. The van der Waals surface area contributed by atoms with E-state index in [4.69, 9.17) is 0 Å². The number of carbonyl (C=O) groups excluding carboxylic acids is 1. The lowest BCUT2D eigenvalue weighted by Gasteiger charge is -2.25. The zero-order valence-corrected chi connectivity index (χ0v) is 10.5. The number of likely N-dealkylation sites (tertiary alicyclic amines) is 1. The van der Waals surface area contributed by atoms with E-state index in [0.29, 0.717) is 23.9 Å². The van der Waals surface area contributed by atoms with Crippen LogP contribution in [0.3, 0.4) is 0 Å². The summed E-state index contributed by atoms with van der Waals surface area (Å²) in [4.78, 5) is 14.2. The second kappa shape index (κ2) is 5.17. The van der Waals surface area contributed by atoms with Crippen molar-refractivity contribution in [3.05, 3.63) is 0 Å². The van der Waals surface area contributed by atoms with Gasteiger partial charge in [-0.15, -0.1) is 0 Å². The molecule has 0 spiro atoms. The highest BCUT2D eigenvalue weighted by Crippen LogP contribution is 2.29. The molecule has 1 saturated carbocycles. The van der Waals surface area contributed by atoms with Crippen LogP contribution in [0.25, 0.3) is 0 Å². The van der Waals surface area contributed by atoms with Crippen LogP contribution in [-0.2, 0) is 4.79 Å². The molecule has 3 nitrogen and oxygen atoms in total. The monoisotopic (exact) mass is 224 g/mol. The smallest absolute Gasteiger partial charge is 0.223 e. The molecule has 2 fully saturated rings. The standard InChI is InChI=1S/C13H24N2O/c1-3-12(4-2)15-8-7-11(9-15)14-13(16)10-5-6-10/h10-12H,3-9H2,1-2H3,(H,14,16). The third-order valence-electron chi connectivity index (χ3n) is 3.97. The van der Waals surface area contributed by atoms with Crippen molar-refractivity contribution >= 4 is 5.91 Å². The molecular formula is C13H24N2O. The maximum absolute atomic E-state index is 11.6. The highest BCUT2D eigenvalue weighted by atomic mass is 16.2. The fraction of sp³-hybridized carbons (Fsp3) is 0.923. The first kappa shape index (κ1) is 11.9. The fourth-order valence-electron chi connectivity index (χ4n) is 2.71. The van der Waals surface area contributed by atoms with Crippen LogP contribution < -0.4 is 5.32 Å². The summed E-state index contributed by atoms with van der Waals surface area (Å²) in [6, 6.07) is 1.12. The van der Waals surface area contributed by atoms with Gasteiger partial charge in [-0.1, -0.05) is 13.8 Å². The molecule has 1 saturated heterocycles. The average molecular weight is 224 g/mol. The van der Waals surface area contributed by atoms with Gasteiger partial charge in [-0.3, -0.25) is 9.69 Å². The number of nitrogens with zero attached hydrogens (tertiary/aromatic N) is 1. The van der Waals surface area contributed by atoms with Crippen LogP contribution in [0.15, 0.2) is 0 Å². The van der Waals surface area contributed by atoms with Gasteiger partial charge in [0.2, 0.25) is 5.91 Å². The van der Waals surface area contributed by atoms with E-state index in [1.165, 1.54) is 12.8 Å². The summed E-state index contributed by atoms with van der Waals surface area (Å²) in [5, 5.41) is 3.19. The van der Waals surface area contributed by atoms with Gasteiger partial charge in [0.15, 0.2) is 0 Å². The molecule has 0 aromatic rings. The molecular weight excluding hydrogens is 200 g/mol. The lowest BCUT2D eigenvalue weighted by atomic mass is 10.1. The topological polar surface area (TPSA) is 32.3 Å². The minimum absolute atomic E-state index is 0.302. The number of amides is 1. The molecule has 2 rings (SSSR count). The second-order valence-corrected chi connectivity index (χ2v) is 5.23. The van der Waals surface area contributed by atoms with E-state index < -0.39 is 0 Å². The fourth-order valence-corrected chi connectivity index (χ4v) is 2.71. The Kier molecular flexibility index (Phi) is 3.85. The molecule has 0 radical (unpaired) electrons. The van der Waals surface area contributed by atoms with Crippen LogP contribution >= 0.6 is 0 Å². The molecule has 0 aromatic carbocycles. The van der Waals surface area contributed by atoms with Gasteiger partial charge in [-0.05, 0) is 32.1 Å². The summed E-state index contributed by atoms with van der Waals surface area (Å²) in [6.07, 6.45) is 5.79. The Morgan fingerprint density at radius 1 is 1.31 bits per heavy atom. The Balaban J connectivity index is 1.76. The van der Waals surface area contributed by atoms with Crippen molar-refractivity contribution in [3.63, 3.8) is 0 Å². The van der Waals surface area contributed by atoms with E-state index in [1.54, 1.807) is 0 Å². The molecule has 1 N–H and O–H groups in total. The molecule has 92 valence electrons. The average Bonchev–Trinajstić information content (AvgIpc) is 3.04. The third kappa shape index (κ3) is 2.76. The molecule has 1 unspecified atom stereocenters. The van der Waals surface area contributed by atoms with Crippen molar-refractivity contribution < 1.29 is 4.79 Å². The quantitative estimate of drug-likeness (QED) is 0.772. The molecule has 1 aliphatic carbocycles. The van der Waals surface area contributed by atoms with Gasteiger partial charge in [-0.2, -0.15) is 0 Å². The van der Waals surface area contributed by atoms with Crippen LogP contribution in [-0.4, -0.2) is 36.0 Å². The molecule has 1 atom stereocenters. The Morgan fingerprint density at radius 3 is 2.56 bits per heavy atom. The largest absolute Gasteiger partial charge is 0.352 e. The van der Waals surface area contributed by atoms with E-state index in [9.17, 15) is 4.79 Å². The Hall–Kier alpha value is -0.570. The zero-order chi connectivity index (χ0) is 11.5. The van der Waals surface area contributed by atoms with Crippen LogP contribution in [0.4, 0.5) is 0 Å². The van der Waals surface area contributed by atoms with E-state index in [2.05, 4.69) is 24.1 Å². The van der Waals surface area contributed by atoms with Gasteiger partial charge < -0.3 is 5.32 Å². The first-order valence-corrected chi connectivity index (χ1v) is 6.79. The predicted molar refractivity (Wildman–Crippen MR) is 65.2 cm³/mol. The van der Waals surface area contributed by atoms with Gasteiger partial charge in [-0.25, -0.2) is 0 Å². The minimum Gasteiger partial charge on any atom is -0.352 e. The van der Waals surface area contributed by atoms with Crippen LogP contribution in [0.1, 0.15) is 46.0 Å². The van der Waals surface area contributed by atoms with E-state index >= 15 is 0 Å². The normalized spacial score (nSPS) is 26.3. The third-order valence-corrected chi connectivity index (χ3v) is 3.97. The number of hydrogen-bond acceptors (Lipinski definition) is 2. The van der Waals surface area contributed by atoms with Gasteiger partial charge in [0, 0.05) is 31.1 Å². The van der Waals surface area contributed by atoms with E-state index in [0.717, 1.165) is 32.4 Å². The molecule has 1 aliphatic heterocycles. The highest BCUT2D eigenvalue weighted by molar-refractivity contribution is 5.81. The van der Waals surface area contributed by atoms with Crippen molar-refractivity contribution in [2.24, 2.45) is 5.92 Å². The van der Waals surface area contributed by atoms with Crippen molar-refractivity contribution in [2.45, 2.75) is 58.0 Å². The molecule has 2 aliphatic rings. The number of nitrogens with one attached hydrogen (secondary N) is 1. The van der Waals surface area contributed by atoms with Gasteiger partial charge >= 0.3 is 0 Å². The Bertz CT molecular complexity index is 246. The number of carbonyl (C=O) groups is 1. The lowest BCUT2D eigenvalue weighted by molar-refractivity contribution is -0.122. The summed E-state index contributed by atoms with van der Waals surface area (Å²) in [5.74, 6) is 0.651. The summed E-state index contributed by atoms with van der Waals surface area (Å²) in [6.45, 7) is 6.72. The molecule has 1 heterocycles. The number of hydrogen-bond donors (Lipinski definition) is 1. The SMILES string of the molecule is CCC(CC)N1CCC(NC(=O)C2CC2)C1. The zero-order valence-electron chi connectivity index (χ0n) is 10.5. The first-order valence-electron chi connectivity index (χ1n) is 6.79. The van der Waals surface area contributed by atoms with E-state index in [-0.39, 0.29) is 0 Å². The summed E-state index contributed by atoms with van der Waals surface area (Å²) < 4.78 is 0. The maximum atomic E-state index is 11.6. The predicted octanol–water partition coefficient (Wildman–Crippen LogP) is 1.78. The van der Waals surface area contributed by atoms with Crippen LogP contribution in [0.5, 0.6) is 0 Å². The summed E-state index contributed by atoms with van der Waals surface area (Å²) in [5.41, 5.74) is 0. The Labute approximate surface area is 98.6 Å². The molecule has 1 amide bonds. The van der Waals surface area contributed by atoms with Crippen molar-refractivity contribution in [2.75, 3.05) is 13.1 Å². The maximum Gasteiger partial charge on any atom is 0.223 e. The van der Waals surface area contributed by atoms with Crippen LogP contribution in [0, 0.1) is 5.92 Å². The second-order valence-electron chi connectivity index (χ2n) is 5.23. The van der Waals surface area contributed by atoms with Crippen molar-refractivity contribution in [1.82, 2.24) is 10.2 Å².